The lowest BCUT2D eigenvalue weighted by Crippen LogP contribution is -2.28. The molecule has 0 aromatic rings. The molecule has 1 heterocycles. The Balaban J connectivity index is 2.77. The molecule has 0 radical (unpaired) electrons. The van der Waals surface area contributed by atoms with Gasteiger partial charge in [-0.2, -0.15) is 0 Å². The smallest absolute Gasteiger partial charge is 0.230 e. The molecule has 1 aliphatic heterocycles. The van der Waals surface area contributed by atoms with Crippen LogP contribution >= 0.6 is 0 Å². The van der Waals surface area contributed by atoms with Gasteiger partial charge in [-0.3, -0.25) is 9.59 Å². The number of amides is 1. The van der Waals surface area contributed by atoms with Gasteiger partial charge in [0.25, 0.3) is 0 Å². The van der Waals surface area contributed by atoms with Crippen molar-refractivity contribution < 1.29 is 9.59 Å². The van der Waals surface area contributed by atoms with Crippen molar-refractivity contribution >= 4 is 11.7 Å². The van der Waals surface area contributed by atoms with Gasteiger partial charge in [0.15, 0.2) is 5.78 Å². The van der Waals surface area contributed by atoms with Crippen LogP contribution in [0.25, 0.3) is 0 Å². The highest BCUT2D eigenvalue weighted by Crippen LogP contribution is 2.10. The SMILES string of the molecule is CC1C(=O)CC(=O)N1C. The fourth-order valence-corrected chi connectivity index (χ4v) is 0.853. The molecule has 0 spiro atoms. The largest absolute Gasteiger partial charge is 0.336 e. The fourth-order valence-electron chi connectivity index (χ4n) is 0.853. The Bertz CT molecular complexity index is 146. The average molecular weight is 127 g/mol. The van der Waals surface area contributed by atoms with E-state index in [-0.39, 0.29) is 24.2 Å². The van der Waals surface area contributed by atoms with Crippen molar-refractivity contribution in [1.82, 2.24) is 4.90 Å². The predicted molar refractivity (Wildman–Crippen MR) is 31.9 cm³/mol. The molecule has 9 heavy (non-hydrogen) atoms. The normalized spacial score (nSPS) is 27.8. The Hall–Kier alpha value is -0.860. The third kappa shape index (κ3) is 0.823. The second kappa shape index (κ2) is 1.83. The van der Waals surface area contributed by atoms with Crippen molar-refractivity contribution in [2.75, 3.05) is 7.05 Å². The highest BCUT2D eigenvalue weighted by Gasteiger charge is 2.31. The molecule has 0 aromatic carbocycles. The molecule has 0 saturated carbocycles. The quantitative estimate of drug-likeness (QED) is 0.423. The number of nitrogens with zero attached hydrogens (tertiary/aromatic N) is 1. The summed E-state index contributed by atoms with van der Waals surface area (Å²) >= 11 is 0. The standard InChI is InChI=1S/C6H9NO2/c1-4-5(8)3-6(9)7(4)2/h4H,3H2,1-2H3. The van der Waals surface area contributed by atoms with Gasteiger partial charge in [-0.25, -0.2) is 0 Å². The first-order valence-electron chi connectivity index (χ1n) is 2.91. The van der Waals surface area contributed by atoms with Gasteiger partial charge in [0.2, 0.25) is 5.91 Å². The van der Waals surface area contributed by atoms with E-state index in [1.165, 1.54) is 4.90 Å². The van der Waals surface area contributed by atoms with E-state index in [2.05, 4.69) is 0 Å². The van der Waals surface area contributed by atoms with E-state index in [4.69, 9.17) is 0 Å². The van der Waals surface area contributed by atoms with Gasteiger partial charge < -0.3 is 4.90 Å². The number of ketones is 1. The van der Waals surface area contributed by atoms with Crippen molar-refractivity contribution in [3.63, 3.8) is 0 Å². The molecule has 0 bridgehead atoms. The molecule has 1 rings (SSSR count). The summed E-state index contributed by atoms with van der Waals surface area (Å²) in [7, 11) is 1.65. The summed E-state index contributed by atoms with van der Waals surface area (Å²) in [5.74, 6) is -0.0324. The summed E-state index contributed by atoms with van der Waals surface area (Å²) in [6.45, 7) is 1.74. The van der Waals surface area contributed by atoms with Gasteiger partial charge in [0.05, 0.1) is 12.5 Å². The molecular formula is C6H9NO2. The molecule has 1 amide bonds. The van der Waals surface area contributed by atoms with E-state index in [1.807, 2.05) is 0 Å². The average Bonchev–Trinajstić information content (AvgIpc) is 1.98. The Labute approximate surface area is 53.6 Å². The van der Waals surface area contributed by atoms with Crippen molar-refractivity contribution in [1.29, 1.82) is 0 Å². The Morgan fingerprint density at radius 1 is 1.56 bits per heavy atom. The van der Waals surface area contributed by atoms with Crippen LogP contribution in [0.15, 0.2) is 0 Å². The molecule has 0 aliphatic carbocycles. The first-order valence-corrected chi connectivity index (χ1v) is 2.91. The topological polar surface area (TPSA) is 37.4 Å². The van der Waals surface area contributed by atoms with Crippen molar-refractivity contribution in [3.05, 3.63) is 0 Å². The zero-order chi connectivity index (χ0) is 7.02. The second-order valence-corrected chi connectivity index (χ2v) is 2.32. The first kappa shape index (κ1) is 6.26. The van der Waals surface area contributed by atoms with Gasteiger partial charge >= 0.3 is 0 Å². The third-order valence-electron chi connectivity index (χ3n) is 1.77. The Morgan fingerprint density at radius 2 is 2.11 bits per heavy atom. The van der Waals surface area contributed by atoms with Crippen molar-refractivity contribution in [2.24, 2.45) is 0 Å². The van der Waals surface area contributed by atoms with E-state index in [1.54, 1.807) is 14.0 Å². The van der Waals surface area contributed by atoms with Crippen LogP contribution in [-0.2, 0) is 9.59 Å². The van der Waals surface area contributed by atoms with Gasteiger partial charge in [-0.05, 0) is 6.92 Å². The van der Waals surface area contributed by atoms with Crippen LogP contribution in [0.2, 0.25) is 0 Å². The van der Waals surface area contributed by atoms with E-state index < -0.39 is 0 Å². The summed E-state index contributed by atoms with van der Waals surface area (Å²) in [6.07, 6.45) is 0.0949. The molecule has 1 fully saturated rings. The number of hydrogen-bond donors (Lipinski definition) is 0. The maximum Gasteiger partial charge on any atom is 0.230 e. The lowest BCUT2D eigenvalue weighted by Gasteiger charge is -2.11. The van der Waals surface area contributed by atoms with Crippen molar-refractivity contribution in [2.45, 2.75) is 19.4 Å². The van der Waals surface area contributed by atoms with Crippen LogP contribution in [-0.4, -0.2) is 29.7 Å². The van der Waals surface area contributed by atoms with Crippen LogP contribution in [0.1, 0.15) is 13.3 Å². The van der Waals surface area contributed by atoms with Crippen LogP contribution in [0.5, 0.6) is 0 Å². The summed E-state index contributed by atoms with van der Waals surface area (Å²) in [5.41, 5.74) is 0. The number of carbonyl (C=O) groups excluding carboxylic acids is 2. The maximum absolute atomic E-state index is 10.7. The zero-order valence-electron chi connectivity index (χ0n) is 5.55. The molecule has 0 N–H and O–H groups in total. The number of carbonyl (C=O) groups is 2. The van der Waals surface area contributed by atoms with Crippen LogP contribution < -0.4 is 0 Å². The van der Waals surface area contributed by atoms with E-state index in [0.717, 1.165) is 0 Å². The molecule has 0 aromatic heterocycles. The third-order valence-corrected chi connectivity index (χ3v) is 1.77. The molecule has 1 unspecified atom stereocenters. The number of rotatable bonds is 0. The summed E-state index contributed by atoms with van der Waals surface area (Å²) in [6, 6.07) is -0.197. The van der Waals surface area contributed by atoms with Crippen LogP contribution in [0, 0.1) is 0 Å². The molecular weight excluding hydrogens is 118 g/mol. The first-order chi connectivity index (χ1) is 4.13. The van der Waals surface area contributed by atoms with Gasteiger partial charge in [0, 0.05) is 7.05 Å². The van der Waals surface area contributed by atoms with E-state index in [9.17, 15) is 9.59 Å². The molecule has 3 heteroatoms. The second-order valence-electron chi connectivity index (χ2n) is 2.32. The van der Waals surface area contributed by atoms with E-state index >= 15 is 0 Å². The minimum Gasteiger partial charge on any atom is -0.336 e. The molecule has 1 atom stereocenters. The minimum atomic E-state index is -0.197. The zero-order valence-corrected chi connectivity index (χ0v) is 5.55. The maximum atomic E-state index is 10.7. The molecule has 1 aliphatic rings. The minimum absolute atomic E-state index is 0.0301. The van der Waals surface area contributed by atoms with Crippen molar-refractivity contribution in [3.8, 4) is 0 Å². The lowest BCUT2D eigenvalue weighted by molar-refractivity contribution is -0.127. The monoisotopic (exact) mass is 127 g/mol. The number of likely N-dealkylation sites (N-methyl/N-ethyl adjacent to an activating group) is 1. The van der Waals surface area contributed by atoms with Crippen LogP contribution in [0.4, 0.5) is 0 Å². The summed E-state index contributed by atoms with van der Waals surface area (Å²) in [5, 5.41) is 0. The fraction of sp³-hybridized carbons (Fsp3) is 0.667. The van der Waals surface area contributed by atoms with E-state index in [0.29, 0.717) is 0 Å². The number of Topliss-reactive ketones (excluding diaryl/α,β-unsaturated/α-hetero) is 1. The Morgan fingerprint density at radius 3 is 2.22 bits per heavy atom. The van der Waals surface area contributed by atoms with Gasteiger partial charge in [-0.15, -0.1) is 0 Å². The molecule has 1 saturated heterocycles. The molecule has 3 nitrogen and oxygen atoms in total. The van der Waals surface area contributed by atoms with Gasteiger partial charge in [0.1, 0.15) is 0 Å². The predicted octanol–water partition coefficient (Wildman–Crippen LogP) is -0.194. The van der Waals surface area contributed by atoms with Gasteiger partial charge in [-0.1, -0.05) is 0 Å². The molecule has 50 valence electrons. The highest BCUT2D eigenvalue weighted by atomic mass is 16.2. The lowest BCUT2D eigenvalue weighted by atomic mass is 10.2. The van der Waals surface area contributed by atoms with Crippen LogP contribution in [0.3, 0.4) is 0 Å². The Kier molecular flexibility index (Phi) is 1.27. The number of hydrogen-bond acceptors (Lipinski definition) is 2. The summed E-state index contributed by atoms with van der Waals surface area (Å²) in [4.78, 5) is 22.9. The number of likely N-dealkylation sites (tertiary alicyclic amines) is 1. The highest BCUT2D eigenvalue weighted by molar-refractivity contribution is 6.07. The summed E-state index contributed by atoms with van der Waals surface area (Å²) < 4.78 is 0.